The summed E-state index contributed by atoms with van der Waals surface area (Å²) in [6.45, 7) is 4.58. The Balaban J connectivity index is 0.0000250. The molecule has 0 aliphatic heterocycles. The SMILES string of the molecule is CC/C=C/CCCCCCCCCCCCCOC(=O)c1cccc(S(=O)(=O)[O-])c1C(=O)OCCCCCCCCCCCCC/C=C/CC.[Na+]. The fourth-order valence-electron chi connectivity index (χ4n) is 6.08. The molecule has 0 fully saturated rings. The predicted molar refractivity (Wildman–Crippen MR) is 205 cm³/mol. The maximum absolute atomic E-state index is 13.0. The molecule has 9 heteroatoms. The van der Waals surface area contributed by atoms with E-state index in [1.807, 2.05) is 0 Å². The number of esters is 2. The molecule has 1 rings (SSSR count). The monoisotopic (exact) mass is 740 g/mol. The second-order valence-electron chi connectivity index (χ2n) is 13.5. The van der Waals surface area contributed by atoms with Gasteiger partial charge in [-0.05, 0) is 63.5 Å². The van der Waals surface area contributed by atoms with E-state index >= 15 is 0 Å². The molecule has 0 saturated heterocycles. The number of unbranched alkanes of at least 4 members (excludes halogenated alkanes) is 22. The molecular formula is C42H69NaO7S. The van der Waals surface area contributed by atoms with Gasteiger partial charge in [-0.15, -0.1) is 0 Å². The largest absolute Gasteiger partial charge is 1.00 e. The summed E-state index contributed by atoms with van der Waals surface area (Å²) >= 11 is 0. The molecule has 286 valence electrons. The van der Waals surface area contributed by atoms with Crippen LogP contribution < -0.4 is 29.6 Å². The first kappa shape index (κ1) is 49.6. The second-order valence-corrected chi connectivity index (χ2v) is 14.9. The third-order valence-electron chi connectivity index (χ3n) is 9.02. The summed E-state index contributed by atoms with van der Waals surface area (Å²) in [5, 5.41) is 0. The van der Waals surface area contributed by atoms with Crippen LogP contribution in [0.1, 0.15) is 202 Å². The number of carbonyl (C=O) groups excluding carboxylic acids is 2. The summed E-state index contributed by atoms with van der Waals surface area (Å²) in [6.07, 6.45) is 39.0. The predicted octanol–water partition coefficient (Wildman–Crippen LogP) is 9.20. The Morgan fingerprint density at radius 3 is 1.27 bits per heavy atom. The maximum atomic E-state index is 13.0. The molecular weight excluding hydrogens is 672 g/mol. The van der Waals surface area contributed by atoms with E-state index < -0.39 is 32.5 Å². The summed E-state index contributed by atoms with van der Waals surface area (Å²) in [4.78, 5) is 25.1. The molecule has 0 unspecified atom stereocenters. The van der Waals surface area contributed by atoms with Gasteiger partial charge in [0.1, 0.15) is 10.1 Å². The van der Waals surface area contributed by atoms with Crippen LogP contribution in [-0.2, 0) is 19.6 Å². The smallest absolute Gasteiger partial charge is 0.744 e. The Morgan fingerprint density at radius 2 is 0.902 bits per heavy atom. The van der Waals surface area contributed by atoms with Crippen LogP contribution >= 0.6 is 0 Å². The molecule has 0 heterocycles. The summed E-state index contributed by atoms with van der Waals surface area (Å²) in [5.41, 5.74) is -0.782. The van der Waals surface area contributed by atoms with Crippen molar-refractivity contribution in [2.45, 2.75) is 186 Å². The molecule has 1 aromatic rings. The van der Waals surface area contributed by atoms with E-state index in [0.717, 1.165) is 57.4 Å². The van der Waals surface area contributed by atoms with Crippen molar-refractivity contribution in [2.75, 3.05) is 13.2 Å². The Bertz CT molecular complexity index is 1180. The van der Waals surface area contributed by atoms with E-state index in [0.29, 0.717) is 12.8 Å². The van der Waals surface area contributed by atoms with Gasteiger partial charge in [-0.3, -0.25) is 0 Å². The van der Waals surface area contributed by atoms with Gasteiger partial charge in [0.05, 0.1) is 29.2 Å². The molecule has 0 amide bonds. The Kier molecular flexibility index (Phi) is 33.4. The third-order valence-corrected chi connectivity index (χ3v) is 9.90. The Labute approximate surface area is 334 Å². The standard InChI is InChI=1S/C42H70O7S.Na/c1-3-5-7-9-11-13-15-17-19-21-23-25-27-29-31-36-48-41(43)38-34-33-35-39(50(45,46)47)40(38)42(44)49-37-32-30-28-26-24-22-20-18-16-14-12-10-8-6-4-2;/h5-8,33-35H,3-4,9-32,36-37H2,1-2H3,(H,45,46,47);/q;+1/p-1/b7-5+,8-6+;. The van der Waals surface area contributed by atoms with Crippen molar-refractivity contribution in [3.05, 3.63) is 53.6 Å². The van der Waals surface area contributed by atoms with Crippen LogP contribution in [0.2, 0.25) is 0 Å². The first-order valence-electron chi connectivity index (χ1n) is 20.1. The number of carbonyl (C=O) groups is 2. The zero-order valence-corrected chi connectivity index (χ0v) is 35.4. The fourth-order valence-corrected chi connectivity index (χ4v) is 6.77. The average molecular weight is 741 g/mol. The quantitative estimate of drug-likeness (QED) is 0.0232. The van der Waals surface area contributed by atoms with Crippen molar-refractivity contribution < 1.29 is 61.6 Å². The zero-order valence-electron chi connectivity index (χ0n) is 32.6. The molecule has 0 aromatic heterocycles. The molecule has 0 saturated carbocycles. The number of benzene rings is 1. The minimum absolute atomic E-state index is 0. The van der Waals surface area contributed by atoms with E-state index in [4.69, 9.17) is 9.47 Å². The molecule has 0 radical (unpaired) electrons. The molecule has 7 nitrogen and oxygen atoms in total. The molecule has 51 heavy (non-hydrogen) atoms. The molecule has 0 aliphatic rings. The van der Waals surface area contributed by atoms with Gasteiger partial charge in [0.2, 0.25) is 0 Å². The van der Waals surface area contributed by atoms with Crippen LogP contribution in [0.4, 0.5) is 0 Å². The number of ether oxygens (including phenoxy) is 2. The number of allylic oxidation sites excluding steroid dienone is 4. The zero-order chi connectivity index (χ0) is 36.5. The fraction of sp³-hybridized carbons (Fsp3) is 0.714. The van der Waals surface area contributed by atoms with Crippen molar-refractivity contribution in [2.24, 2.45) is 0 Å². The summed E-state index contributed by atoms with van der Waals surface area (Å²) in [6, 6.07) is 3.62. The molecule has 0 aliphatic carbocycles. The van der Waals surface area contributed by atoms with Gasteiger partial charge >= 0.3 is 41.5 Å². The van der Waals surface area contributed by atoms with Gasteiger partial charge in [0.15, 0.2) is 0 Å². The summed E-state index contributed by atoms with van der Waals surface area (Å²) < 4.78 is 46.6. The van der Waals surface area contributed by atoms with Gasteiger partial charge in [0, 0.05) is 0 Å². The number of hydrogen-bond donors (Lipinski definition) is 0. The minimum atomic E-state index is -5.01. The third kappa shape index (κ3) is 26.9. The number of hydrogen-bond acceptors (Lipinski definition) is 7. The van der Waals surface area contributed by atoms with Crippen molar-refractivity contribution in [3.8, 4) is 0 Å². The van der Waals surface area contributed by atoms with Gasteiger partial charge in [-0.25, -0.2) is 18.0 Å². The van der Waals surface area contributed by atoms with Gasteiger partial charge in [-0.2, -0.15) is 0 Å². The Hall–Kier alpha value is -1.45. The molecule has 0 N–H and O–H groups in total. The van der Waals surface area contributed by atoms with Crippen molar-refractivity contribution in [1.82, 2.24) is 0 Å². The first-order valence-corrected chi connectivity index (χ1v) is 21.5. The normalized spacial score (nSPS) is 11.7. The molecule has 1 aromatic carbocycles. The van der Waals surface area contributed by atoms with Crippen LogP contribution in [0, 0.1) is 0 Å². The van der Waals surface area contributed by atoms with Crippen molar-refractivity contribution in [3.63, 3.8) is 0 Å². The van der Waals surface area contributed by atoms with E-state index in [1.165, 1.54) is 115 Å². The number of rotatable bonds is 33. The maximum Gasteiger partial charge on any atom is 1.00 e. The van der Waals surface area contributed by atoms with E-state index in [1.54, 1.807) is 0 Å². The van der Waals surface area contributed by atoms with E-state index in [-0.39, 0.29) is 48.3 Å². The molecule has 0 atom stereocenters. The topological polar surface area (TPSA) is 110 Å². The second kappa shape index (κ2) is 34.3. The van der Waals surface area contributed by atoms with Crippen LogP contribution in [-0.4, -0.2) is 38.1 Å². The Morgan fingerprint density at radius 1 is 0.549 bits per heavy atom. The summed E-state index contributed by atoms with van der Waals surface area (Å²) in [7, 11) is -5.01. The molecule has 0 bridgehead atoms. The van der Waals surface area contributed by atoms with Gasteiger partial charge < -0.3 is 14.0 Å². The van der Waals surface area contributed by atoms with Crippen molar-refractivity contribution in [1.29, 1.82) is 0 Å². The summed E-state index contributed by atoms with van der Waals surface area (Å²) in [5.74, 6) is -1.81. The minimum Gasteiger partial charge on any atom is -0.744 e. The van der Waals surface area contributed by atoms with Crippen LogP contribution in [0.5, 0.6) is 0 Å². The van der Waals surface area contributed by atoms with Crippen LogP contribution in [0.3, 0.4) is 0 Å². The van der Waals surface area contributed by atoms with Gasteiger partial charge in [-0.1, -0.05) is 160 Å². The molecule has 0 spiro atoms. The van der Waals surface area contributed by atoms with Crippen LogP contribution in [0.15, 0.2) is 47.4 Å². The average Bonchev–Trinajstić information content (AvgIpc) is 3.10. The van der Waals surface area contributed by atoms with Crippen molar-refractivity contribution >= 4 is 22.1 Å². The van der Waals surface area contributed by atoms with Crippen LogP contribution in [0.25, 0.3) is 0 Å². The first-order chi connectivity index (χ1) is 24.3. The van der Waals surface area contributed by atoms with E-state index in [9.17, 15) is 22.6 Å². The van der Waals surface area contributed by atoms with Gasteiger partial charge in [0.25, 0.3) is 0 Å². The van der Waals surface area contributed by atoms with E-state index in [2.05, 4.69) is 38.2 Å².